The van der Waals surface area contributed by atoms with Crippen molar-refractivity contribution in [3.8, 4) is 11.5 Å². The number of benzene rings is 2. The number of nitrogens with zero attached hydrogens (tertiary/aromatic N) is 4. The van der Waals surface area contributed by atoms with Crippen molar-refractivity contribution in [1.82, 2.24) is 19.1 Å². The molecule has 1 saturated carbocycles. The van der Waals surface area contributed by atoms with Gasteiger partial charge in [0.2, 0.25) is 0 Å². The summed E-state index contributed by atoms with van der Waals surface area (Å²) in [6.07, 6.45) is 17.3. The highest BCUT2D eigenvalue weighted by Gasteiger charge is 2.22. The zero-order valence-electron chi connectivity index (χ0n) is 24.7. The van der Waals surface area contributed by atoms with Crippen LogP contribution in [0, 0.1) is 13.8 Å². The molecule has 4 aromatic rings. The van der Waals surface area contributed by atoms with Crippen LogP contribution in [0.15, 0.2) is 84.5 Å². The summed E-state index contributed by atoms with van der Waals surface area (Å²) >= 11 is 0. The Kier molecular flexibility index (Phi) is 10.0. The molecule has 7 heteroatoms. The van der Waals surface area contributed by atoms with Crippen molar-refractivity contribution in [1.29, 1.82) is 0 Å². The topological polar surface area (TPSA) is 71.2 Å². The van der Waals surface area contributed by atoms with E-state index < -0.39 is 0 Å². The van der Waals surface area contributed by atoms with Gasteiger partial charge in [-0.15, -0.1) is 0 Å². The first-order chi connectivity index (χ1) is 20.5. The minimum absolute atomic E-state index is 0.136. The van der Waals surface area contributed by atoms with Crippen molar-refractivity contribution < 1.29 is 14.3 Å². The Bertz CT molecular complexity index is 1400. The number of carbonyl (C=O) groups is 1. The van der Waals surface area contributed by atoms with Crippen LogP contribution >= 0.6 is 0 Å². The Labute approximate surface area is 248 Å². The van der Waals surface area contributed by atoms with Crippen LogP contribution in [0.25, 0.3) is 12.2 Å². The van der Waals surface area contributed by atoms with Gasteiger partial charge in [0.15, 0.2) is 5.78 Å². The van der Waals surface area contributed by atoms with E-state index in [2.05, 4.69) is 19.1 Å². The summed E-state index contributed by atoms with van der Waals surface area (Å²) in [6, 6.07) is 16.0. The van der Waals surface area contributed by atoms with E-state index >= 15 is 0 Å². The van der Waals surface area contributed by atoms with E-state index in [0.717, 1.165) is 97.0 Å². The van der Waals surface area contributed by atoms with Crippen molar-refractivity contribution >= 4 is 17.9 Å². The average Bonchev–Trinajstić information content (AvgIpc) is 3.71. The van der Waals surface area contributed by atoms with Crippen molar-refractivity contribution in [2.75, 3.05) is 13.2 Å². The monoisotopic (exact) mass is 564 g/mol. The van der Waals surface area contributed by atoms with E-state index in [1.807, 2.05) is 99.3 Å². The highest BCUT2D eigenvalue weighted by atomic mass is 16.5. The smallest absolute Gasteiger partial charge is 0.185 e. The zero-order valence-corrected chi connectivity index (χ0v) is 24.7. The van der Waals surface area contributed by atoms with Crippen LogP contribution in [0.5, 0.6) is 11.5 Å². The first-order valence-electron chi connectivity index (χ1n) is 14.9. The standard InChI is InChI=1S/C35H40N4O3/c1-27-36-17-21-38(27)19-3-5-23-41-33-13-7-29(8-14-33)25-31-11-12-32(35(31)40)26-30-9-15-34(16-10-30)42-24-6-4-20-39-22-18-37-28(39)2/h7-10,13-18,21-22,25-26H,3-6,11-12,19-20,23-24H2,1-2H3/b31-25+,32-26+. The molecule has 42 heavy (non-hydrogen) atoms. The summed E-state index contributed by atoms with van der Waals surface area (Å²) in [5.41, 5.74) is 3.75. The molecule has 1 aliphatic rings. The number of unbranched alkanes of at least 4 members (excludes halogenated alkanes) is 2. The Morgan fingerprint density at radius 2 is 1.10 bits per heavy atom. The molecule has 0 unspecified atom stereocenters. The van der Waals surface area contributed by atoms with Gasteiger partial charge in [0.1, 0.15) is 23.1 Å². The second-order valence-electron chi connectivity index (χ2n) is 10.8. The molecule has 0 aliphatic heterocycles. The fourth-order valence-corrected chi connectivity index (χ4v) is 5.13. The molecular formula is C35H40N4O3. The van der Waals surface area contributed by atoms with Crippen LogP contribution in [-0.2, 0) is 17.9 Å². The van der Waals surface area contributed by atoms with Crippen LogP contribution in [0.4, 0.5) is 0 Å². The fraction of sp³-hybridized carbons (Fsp3) is 0.343. The molecule has 0 atom stereocenters. The summed E-state index contributed by atoms with van der Waals surface area (Å²) in [7, 11) is 0. The third-order valence-electron chi connectivity index (χ3n) is 7.66. The summed E-state index contributed by atoms with van der Waals surface area (Å²) in [5.74, 6) is 3.93. The normalized spacial score (nSPS) is 15.1. The molecule has 1 fully saturated rings. The number of Topliss-reactive ketones (excluding diaryl/α,β-unsaturated/α-hetero) is 1. The third-order valence-corrected chi connectivity index (χ3v) is 7.66. The molecule has 7 nitrogen and oxygen atoms in total. The summed E-state index contributed by atoms with van der Waals surface area (Å²) in [4.78, 5) is 21.6. The van der Waals surface area contributed by atoms with Crippen LogP contribution in [0.1, 0.15) is 61.3 Å². The molecule has 0 saturated heterocycles. The lowest BCUT2D eigenvalue weighted by atomic mass is 10.1. The predicted molar refractivity (Wildman–Crippen MR) is 166 cm³/mol. The highest BCUT2D eigenvalue weighted by molar-refractivity contribution is 6.15. The van der Waals surface area contributed by atoms with E-state index in [4.69, 9.17) is 9.47 Å². The lowest BCUT2D eigenvalue weighted by molar-refractivity contribution is -0.111. The molecule has 0 N–H and O–H groups in total. The van der Waals surface area contributed by atoms with Crippen molar-refractivity contribution in [2.24, 2.45) is 0 Å². The molecule has 2 heterocycles. The maximum atomic E-state index is 13.1. The largest absolute Gasteiger partial charge is 0.494 e. The molecule has 0 bridgehead atoms. The second-order valence-corrected chi connectivity index (χ2v) is 10.8. The van der Waals surface area contributed by atoms with Gasteiger partial charge in [-0.1, -0.05) is 24.3 Å². The molecular weight excluding hydrogens is 524 g/mol. The number of allylic oxidation sites excluding steroid dienone is 2. The van der Waals surface area contributed by atoms with Gasteiger partial charge >= 0.3 is 0 Å². The molecule has 218 valence electrons. The molecule has 5 rings (SSSR count). The van der Waals surface area contributed by atoms with Crippen LogP contribution < -0.4 is 9.47 Å². The van der Waals surface area contributed by atoms with Gasteiger partial charge in [-0.25, -0.2) is 9.97 Å². The molecule has 0 radical (unpaired) electrons. The van der Waals surface area contributed by atoms with Gasteiger partial charge < -0.3 is 18.6 Å². The number of rotatable bonds is 14. The Morgan fingerprint density at radius 1 is 0.667 bits per heavy atom. The third kappa shape index (κ3) is 8.09. The van der Waals surface area contributed by atoms with E-state index in [-0.39, 0.29) is 5.78 Å². The minimum Gasteiger partial charge on any atom is -0.494 e. The van der Waals surface area contributed by atoms with Crippen LogP contribution in [0.2, 0.25) is 0 Å². The van der Waals surface area contributed by atoms with Gasteiger partial charge in [0.05, 0.1) is 13.2 Å². The maximum Gasteiger partial charge on any atom is 0.185 e. The van der Waals surface area contributed by atoms with Gasteiger partial charge in [-0.2, -0.15) is 0 Å². The van der Waals surface area contributed by atoms with Gasteiger partial charge in [0, 0.05) is 49.0 Å². The molecule has 0 spiro atoms. The number of ether oxygens (including phenoxy) is 2. The van der Waals surface area contributed by atoms with Gasteiger partial charge in [-0.05, 0) is 99.9 Å². The number of ketones is 1. The lowest BCUT2D eigenvalue weighted by Crippen LogP contribution is -2.03. The van der Waals surface area contributed by atoms with Gasteiger partial charge in [0.25, 0.3) is 0 Å². The Balaban J connectivity index is 1.04. The molecule has 0 amide bonds. The Morgan fingerprint density at radius 3 is 1.48 bits per heavy atom. The SMILES string of the molecule is Cc1nccn1CCCCOc1ccc(/C=C2\CC/C(=C\c3ccc(OCCCCn4ccnc4C)cc3)C2=O)cc1. The predicted octanol–water partition coefficient (Wildman–Crippen LogP) is 7.24. The number of carbonyl (C=O) groups excluding carboxylic acids is 1. The number of aryl methyl sites for hydroxylation is 4. The summed E-state index contributed by atoms with van der Waals surface area (Å²) in [5, 5.41) is 0. The second kappa shape index (κ2) is 14.5. The summed E-state index contributed by atoms with van der Waals surface area (Å²) < 4.78 is 16.1. The molecule has 2 aromatic heterocycles. The number of aromatic nitrogens is 4. The quantitative estimate of drug-likeness (QED) is 0.119. The fourth-order valence-electron chi connectivity index (χ4n) is 5.13. The first kappa shape index (κ1) is 29.1. The number of hydrogen-bond acceptors (Lipinski definition) is 5. The van der Waals surface area contributed by atoms with E-state index in [1.165, 1.54) is 0 Å². The van der Waals surface area contributed by atoms with E-state index in [1.54, 1.807) is 0 Å². The summed E-state index contributed by atoms with van der Waals surface area (Å²) in [6.45, 7) is 7.32. The minimum atomic E-state index is 0.136. The maximum absolute atomic E-state index is 13.1. The van der Waals surface area contributed by atoms with Crippen LogP contribution in [-0.4, -0.2) is 38.1 Å². The first-order valence-corrected chi connectivity index (χ1v) is 14.9. The van der Waals surface area contributed by atoms with Crippen molar-refractivity contribution in [3.63, 3.8) is 0 Å². The molecule has 1 aliphatic carbocycles. The van der Waals surface area contributed by atoms with E-state index in [0.29, 0.717) is 13.2 Å². The van der Waals surface area contributed by atoms with Crippen molar-refractivity contribution in [2.45, 2.75) is 65.5 Å². The number of hydrogen-bond donors (Lipinski definition) is 0. The van der Waals surface area contributed by atoms with Crippen LogP contribution in [0.3, 0.4) is 0 Å². The Hall–Kier alpha value is -4.39. The lowest BCUT2D eigenvalue weighted by Gasteiger charge is -2.08. The van der Waals surface area contributed by atoms with Crippen molar-refractivity contribution in [3.05, 3.63) is 107 Å². The highest BCUT2D eigenvalue weighted by Crippen LogP contribution is 2.30. The average molecular weight is 565 g/mol. The molecule has 2 aromatic carbocycles. The zero-order chi connectivity index (χ0) is 29.1. The number of imidazole rings is 2. The van der Waals surface area contributed by atoms with E-state index in [9.17, 15) is 4.79 Å². The van der Waals surface area contributed by atoms with Gasteiger partial charge in [-0.3, -0.25) is 4.79 Å².